The molecule has 0 amide bonds. The van der Waals surface area contributed by atoms with Crippen LogP contribution in [-0.2, 0) is 9.53 Å². The van der Waals surface area contributed by atoms with Crippen LogP contribution in [0, 0.1) is 0 Å². The summed E-state index contributed by atoms with van der Waals surface area (Å²) in [5.41, 5.74) is 1.87. The van der Waals surface area contributed by atoms with Gasteiger partial charge in [0.25, 0.3) is 0 Å². The Balaban J connectivity index is 1.81. The van der Waals surface area contributed by atoms with Gasteiger partial charge in [-0.1, -0.05) is 48.5 Å². The van der Waals surface area contributed by atoms with Crippen molar-refractivity contribution in [3.8, 4) is 0 Å². The van der Waals surface area contributed by atoms with E-state index in [1.807, 2.05) is 60.7 Å². The van der Waals surface area contributed by atoms with Crippen molar-refractivity contribution >= 4 is 28.5 Å². The van der Waals surface area contributed by atoms with Gasteiger partial charge in [-0.2, -0.15) is 0 Å². The quantitative estimate of drug-likeness (QED) is 0.305. The summed E-state index contributed by atoms with van der Waals surface area (Å²) >= 11 is 1.29. The van der Waals surface area contributed by atoms with Gasteiger partial charge in [0.05, 0.1) is 4.91 Å². The number of carbonyl (C=O) groups is 1. The van der Waals surface area contributed by atoms with Gasteiger partial charge in [0.2, 0.25) is 5.90 Å². The van der Waals surface area contributed by atoms with E-state index in [-0.39, 0.29) is 5.70 Å². The normalized spacial score (nSPS) is 15.4. The van der Waals surface area contributed by atoms with Gasteiger partial charge in [-0.3, -0.25) is 0 Å². The van der Waals surface area contributed by atoms with Crippen LogP contribution in [0.1, 0.15) is 11.1 Å². The molecular formula is C20H13N3O2S. The average molecular weight is 359 g/mol. The van der Waals surface area contributed by atoms with Crippen molar-refractivity contribution in [3.63, 3.8) is 0 Å². The lowest BCUT2D eigenvalue weighted by atomic mass is 10.2. The number of aromatic nitrogens is 2. The number of hydrogen-bond acceptors (Lipinski definition) is 6. The van der Waals surface area contributed by atoms with Crippen molar-refractivity contribution in [2.75, 3.05) is 0 Å². The van der Waals surface area contributed by atoms with E-state index in [1.54, 1.807) is 18.5 Å². The Bertz CT molecular complexity index is 987. The molecule has 26 heavy (non-hydrogen) atoms. The van der Waals surface area contributed by atoms with E-state index < -0.39 is 5.97 Å². The fourth-order valence-corrected chi connectivity index (χ4v) is 3.31. The van der Waals surface area contributed by atoms with E-state index >= 15 is 0 Å². The highest BCUT2D eigenvalue weighted by atomic mass is 32.2. The number of benzene rings is 2. The van der Waals surface area contributed by atoms with Crippen LogP contribution in [0.3, 0.4) is 0 Å². The third kappa shape index (κ3) is 3.41. The third-order valence-corrected chi connectivity index (χ3v) is 4.63. The third-order valence-electron chi connectivity index (χ3n) is 3.60. The molecule has 3 aromatic rings. The summed E-state index contributed by atoms with van der Waals surface area (Å²) in [7, 11) is 0. The Kier molecular flexibility index (Phi) is 4.57. The number of ether oxygens (including phenoxy) is 1. The molecule has 4 rings (SSSR count). The molecule has 0 N–H and O–H groups in total. The lowest BCUT2D eigenvalue weighted by Crippen LogP contribution is -2.05. The summed E-state index contributed by atoms with van der Waals surface area (Å²) < 4.78 is 5.40. The molecule has 0 unspecified atom stereocenters. The minimum absolute atomic E-state index is 0.257. The Morgan fingerprint density at radius 3 is 2.19 bits per heavy atom. The smallest absolute Gasteiger partial charge is 0.365 e. The lowest BCUT2D eigenvalue weighted by molar-refractivity contribution is -0.129. The van der Waals surface area contributed by atoms with Gasteiger partial charge in [0, 0.05) is 18.0 Å². The number of hydrogen-bond donors (Lipinski definition) is 0. The number of esters is 1. The van der Waals surface area contributed by atoms with Crippen molar-refractivity contribution in [1.82, 2.24) is 9.97 Å². The Morgan fingerprint density at radius 2 is 1.50 bits per heavy atom. The van der Waals surface area contributed by atoms with Crippen LogP contribution in [0.15, 0.2) is 95.0 Å². The summed E-state index contributed by atoms with van der Waals surface area (Å²) in [4.78, 5) is 26.1. The van der Waals surface area contributed by atoms with Crippen molar-refractivity contribution in [2.45, 2.75) is 5.16 Å². The maximum atomic E-state index is 12.5. The molecule has 2 heterocycles. The molecule has 1 aliphatic heterocycles. The second kappa shape index (κ2) is 7.33. The molecule has 1 aliphatic rings. The van der Waals surface area contributed by atoms with E-state index in [0.29, 0.717) is 16.0 Å². The first-order chi connectivity index (χ1) is 12.8. The highest BCUT2D eigenvalue weighted by Crippen LogP contribution is 2.37. The van der Waals surface area contributed by atoms with Crippen molar-refractivity contribution in [2.24, 2.45) is 4.99 Å². The largest absolute Gasteiger partial charge is 0.402 e. The molecular weight excluding hydrogens is 346 g/mol. The molecule has 0 saturated heterocycles. The Labute approximate surface area is 154 Å². The number of cyclic esters (lactones) is 1. The number of rotatable bonds is 4. The molecule has 126 valence electrons. The van der Waals surface area contributed by atoms with Gasteiger partial charge < -0.3 is 4.74 Å². The Hall–Kier alpha value is -3.25. The van der Waals surface area contributed by atoms with Gasteiger partial charge in [-0.05, 0) is 35.5 Å². The molecule has 0 spiro atoms. The minimum Gasteiger partial charge on any atom is -0.402 e. The molecule has 0 fully saturated rings. The number of carbonyl (C=O) groups excluding carboxylic acids is 1. The van der Waals surface area contributed by atoms with Crippen LogP contribution in [0.4, 0.5) is 0 Å². The fourth-order valence-electron chi connectivity index (χ4n) is 2.42. The van der Waals surface area contributed by atoms with Crippen LogP contribution >= 0.6 is 11.8 Å². The van der Waals surface area contributed by atoms with E-state index in [4.69, 9.17) is 4.74 Å². The second-order valence-electron chi connectivity index (χ2n) is 5.35. The average Bonchev–Trinajstić information content (AvgIpc) is 3.10. The van der Waals surface area contributed by atoms with Gasteiger partial charge in [-0.25, -0.2) is 19.8 Å². The zero-order valence-electron chi connectivity index (χ0n) is 13.6. The van der Waals surface area contributed by atoms with E-state index in [2.05, 4.69) is 15.0 Å². The minimum atomic E-state index is -0.480. The summed E-state index contributed by atoms with van der Waals surface area (Å²) in [6.45, 7) is 0. The fraction of sp³-hybridized carbons (Fsp3) is 0. The zero-order chi connectivity index (χ0) is 17.8. The summed E-state index contributed by atoms with van der Waals surface area (Å²) in [6, 6.07) is 20.7. The maximum absolute atomic E-state index is 12.5. The van der Waals surface area contributed by atoms with Crippen LogP contribution in [-0.4, -0.2) is 21.8 Å². The SMILES string of the molecule is O=C1OC(c2ccccc2)=N/C1=C(/Sc1ncccn1)c1ccccc1. The van der Waals surface area contributed by atoms with Crippen LogP contribution in [0.25, 0.3) is 4.91 Å². The highest BCUT2D eigenvalue weighted by molar-refractivity contribution is 8.08. The molecule has 0 atom stereocenters. The predicted octanol–water partition coefficient (Wildman–Crippen LogP) is 3.94. The van der Waals surface area contributed by atoms with Crippen LogP contribution in [0.5, 0.6) is 0 Å². The first kappa shape index (κ1) is 16.2. The maximum Gasteiger partial charge on any atom is 0.365 e. The molecule has 0 radical (unpaired) electrons. The first-order valence-electron chi connectivity index (χ1n) is 7.92. The lowest BCUT2D eigenvalue weighted by Gasteiger charge is -2.07. The second-order valence-corrected chi connectivity index (χ2v) is 6.33. The van der Waals surface area contributed by atoms with Gasteiger partial charge >= 0.3 is 5.97 Å². The number of aliphatic imine (C=N–C) groups is 1. The molecule has 0 bridgehead atoms. The van der Waals surface area contributed by atoms with Crippen LogP contribution in [0.2, 0.25) is 0 Å². The predicted molar refractivity (Wildman–Crippen MR) is 100 cm³/mol. The van der Waals surface area contributed by atoms with Gasteiger partial charge in [0.15, 0.2) is 10.9 Å². The molecule has 5 nitrogen and oxygen atoms in total. The van der Waals surface area contributed by atoms with Gasteiger partial charge in [-0.15, -0.1) is 0 Å². The molecule has 2 aromatic carbocycles. The highest BCUT2D eigenvalue weighted by Gasteiger charge is 2.28. The van der Waals surface area contributed by atoms with Gasteiger partial charge in [0.1, 0.15) is 0 Å². The number of thioether (sulfide) groups is 1. The number of nitrogens with zero attached hydrogens (tertiary/aromatic N) is 3. The van der Waals surface area contributed by atoms with Crippen molar-refractivity contribution < 1.29 is 9.53 Å². The first-order valence-corrected chi connectivity index (χ1v) is 8.74. The van der Waals surface area contributed by atoms with E-state index in [1.165, 1.54) is 11.8 Å². The standard InChI is InChI=1S/C20H13N3O2S/c24-19-16(23-18(25-19)15-10-5-2-6-11-15)17(14-8-3-1-4-9-14)26-20-21-12-7-13-22-20/h1-13H/b17-16+. The summed E-state index contributed by atoms with van der Waals surface area (Å²) in [5, 5.41) is 0.537. The Morgan fingerprint density at radius 1 is 0.846 bits per heavy atom. The molecule has 6 heteroatoms. The monoisotopic (exact) mass is 359 g/mol. The molecule has 0 aliphatic carbocycles. The van der Waals surface area contributed by atoms with Crippen LogP contribution < -0.4 is 0 Å². The summed E-state index contributed by atoms with van der Waals surface area (Å²) in [6.07, 6.45) is 3.32. The summed E-state index contributed by atoms with van der Waals surface area (Å²) in [5.74, 6) is -0.181. The van der Waals surface area contributed by atoms with E-state index in [0.717, 1.165) is 11.1 Å². The zero-order valence-corrected chi connectivity index (χ0v) is 14.4. The van der Waals surface area contributed by atoms with Crippen molar-refractivity contribution in [3.05, 3.63) is 95.9 Å². The molecule has 1 aromatic heterocycles. The van der Waals surface area contributed by atoms with E-state index in [9.17, 15) is 4.79 Å². The van der Waals surface area contributed by atoms with Crippen molar-refractivity contribution in [1.29, 1.82) is 0 Å². The topological polar surface area (TPSA) is 64.4 Å². The molecule has 0 saturated carbocycles.